The molecule has 0 bridgehead atoms. The van der Waals surface area contributed by atoms with Gasteiger partial charge in [-0.3, -0.25) is 14.5 Å². The van der Waals surface area contributed by atoms with Gasteiger partial charge in [-0.05, 0) is 29.8 Å². The molecule has 7 heteroatoms. The second-order valence-corrected chi connectivity index (χ2v) is 10.9. The number of nitrogens with one attached hydrogen (secondary N) is 1. The number of benzene rings is 3. The Balaban J connectivity index is 1.63. The van der Waals surface area contributed by atoms with Crippen LogP contribution in [-0.4, -0.2) is 34.4 Å². The number of para-hydroxylation sites is 2. The van der Waals surface area contributed by atoms with Gasteiger partial charge >= 0.3 is 5.97 Å². The summed E-state index contributed by atoms with van der Waals surface area (Å²) in [5.74, 6) is 1.34. The van der Waals surface area contributed by atoms with Gasteiger partial charge in [0.15, 0.2) is 5.54 Å². The molecule has 1 amide bonds. The number of halogens is 1. The van der Waals surface area contributed by atoms with Crippen molar-refractivity contribution in [2.75, 3.05) is 16.9 Å². The first-order chi connectivity index (χ1) is 16.1. The summed E-state index contributed by atoms with van der Waals surface area (Å²) in [6.07, 6.45) is 0. The van der Waals surface area contributed by atoms with E-state index in [0.717, 1.165) is 32.6 Å². The van der Waals surface area contributed by atoms with Gasteiger partial charge in [0.05, 0.1) is 0 Å². The van der Waals surface area contributed by atoms with Crippen molar-refractivity contribution in [1.29, 1.82) is 0 Å². The number of rotatable bonds is 1. The van der Waals surface area contributed by atoms with Gasteiger partial charge in [-0.15, -0.1) is 11.8 Å². The maximum Gasteiger partial charge on any atom is 0.325 e. The molecule has 164 valence electrons. The minimum Gasteiger partial charge on any atom is -0.425 e. The van der Waals surface area contributed by atoms with Gasteiger partial charge in [-0.2, -0.15) is 0 Å². The second kappa shape index (κ2) is 6.72. The molecule has 4 heterocycles. The van der Waals surface area contributed by atoms with Crippen LogP contribution in [0, 0.1) is 0 Å². The highest BCUT2D eigenvalue weighted by Gasteiger charge is 2.81. The Bertz CT molecular complexity index is 1350. The zero-order valence-corrected chi connectivity index (χ0v) is 19.9. The Morgan fingerprint density at radius 1 is 0.970 bits per heavy atom. The fourth-order valence-corrected chi connectivity index (χ4v) is 8.26. The Labute approximate surface area is 203 Å². The van der Waals surface area contributed by atoms with E-state index in [1.807, 2.05) is 72.4 Å². The van der Waals surface area contributed by atoms with Crippen molar-refractivity contribution in [2.45, 2.75) is 22.9 Å². The number of carbonyl (C=O) groups excluding carboxylic acids is 2. The van der Waals surface area contributed by atoms with Crippen molar-refractivity contribution in [3.63, 3.8) is 0 Å². The second-order valence-electron chi connectivity index (χ2n) is 8.97. The highest BCUT2D eigenvalue weighted by molar-refractivity contribution is 9.10. The summed E-state index contributed by atoms with van der Waals surface area (Å²) >= 11 is 5.36. The minimum absolute atomic E-state index is 0.00628. The first-order valence-corrected chi connectivity index (χ1v) is 12.9. The van der Waals surface area contributed by atoms with E-state index in [4.69, 9.17) is 4.74 Å². The average molecular weight is 519 g/mol. The van der Waals surface area contributed by atoms with Crippen LogP contribution in [0.25, 0.3) is 0 Å². The molecular weight excluding hydrogens is 500 g/mol. The first kappa shape index (κ1) is 19.8. The topological polar surface area (TPSA) is 58.6 Å². The lowest BCUT2D eigenvalue weighted by molar-refractivity contribution is -0.147. The molecule has 4 aliphatic rings. The lowest BCUT2D eigenvalue weighted by Crippen LogP contribution is -2.61. The zero-order valence-electron chi connectivity index (χ0n) is 17.5. The number of ether oxygens (including phenoxy) is 1. The molecule has 0 aromatic heterocycles. The van der Waals surface area contributed by atoms with E-state index in [9.17, 15) is 9.59 Å². The lowest BCUT2D eigenvalue weighted by atomic mass is 9.57. The molecule has 2 saturated heterocycles. The molecule has 4 atom stereocenters. The molecule has 4 aliphatic heterocycles. The van der Waals surface area contributed by atoms with Crippen LogP contribution in [-0.2, 0) is 20.5 Å². The summed E-state index contributed by atoms with van der Waals surface area (Å²) in [5, 5.41) is 3.12. The highest BCUT2D eigenvalue weighted by Crippen LogP contribution is 2.70. The van der Waals surface area contributed by atoms with Crippen molar-refractivity contribution in [3.05, 3.63) is 94.0 Å². The number of anilines is 1. The normalized spacial score (nSPS) is 31.5. The van der Waals surface area contributed by atoms with E-state index in [2.05, 4.69) is 38.3 Å². The van der Waals surface area contributed by atoms with Gasteiger partial charge in [-0.25, -0.2) is 0 Å². The molecule has 33 heavy (non-hydrogen) atoms. The van der Waals surface area contributed by atoms with Gasteiger partial charge in [0.1, 0.15) is 11.2 Å². The fraction of sp³-hybridized carbons (Fsp3) is 0.231. The summed E-state index contributed by atoms with van der Waals surface area (Å²) in [4.78, 5) is 30.6. The van der Waals surface area contributed by atoms with E-state index in [1.165, 1.54) is 0 Å². The minimum atomic E-state index is -1.19. The van der Waals surface area contributed by atoms with Crippen molar-refractivity contribution in [1.82, 2.24) is 4.90 Å². The van der Waals surface area contributed by atoms with E-state index in [-0.39, 0.29) is 23.8 Å². The van der Waals surface area contributed by atoms with Crippen LogP contribution in [0.15, 0.2) is 77.3 Å². The molecule has 5 nitrogen and oxygen atoms in total. The molecule has 0 unspecified atom stereocenters. The van der Waals surface area contributed by atoms with E-state index in [1.54, 1.807) is 0 Å². The van der Waals surface area contributed by atoms with Crippen LogP contribution in [0.1, 0.15) is 22.6 Å². The largest absolute Gasteiger partial charge is 0.425 e. The summed E-state index contributed by atoms with van der Waals surface area (Å²) < 4.78 is 6.95. The molecular formula is C26H19BrN2O3S. The van der Waals surface area contributed by atoms with Crippen LogP contribution < -0.4 is 10.1 Å². The number of amides is 1. The highest BCUT2D eigenvalue weighted by atomic mass is 79.9. The van der Waals surface area contributed by atoms with Crippen LogP contribution in [0.2, 0.25) is 0 Å². The van der Waals surface area contributed by atoms with Crippen LogP contribution in [0.4, 0.5) is 5.69 Å². The number of hydrogen-bond acceptors (Lipinski definition) is 5. The van der Waals surface area contributed by atoms with Gasteiger partial charge in [0.25, 0.3) is 5.91 Å². The quantitative estimate of drug-likeness (QED) is 0.376. The SMILES string of the molecule is O=C1Oc2ccccc2[C@@]12[C@H](c1ccc(Br)cc1)[C@H]1CSCN1[C@]21C(=O)Nc2ccccc21. The van der Waals surface area contributed by atoms with Gasteiger partial charge < -0.3 is 10.1 Å². The van der Waals surface area contributed by atoms with Crippen LogP contribution in [0.5, 0.6) is 5.75 Å². The van der Waals surface area contributed by atoms with Crippen molar-refractivity contribution < 1.29 is 14.3 Å². The molecule has 2 spiro atoms. The fourth-order valence-electron chi connectivity index (χ4n) is 6.69. The van der Waals surface area contributed by atoms with Crippen molar-refractivity contribution >= 4 is 45.3 Å². The van der Waals surface area contributed by atoms with Crippen LogP contribution >= 0.6 is 27.7 Å². The third kappa shape index (κ3) is 2.19. The van der Waals surface area contributed by atoms with E-state index < -0.39 is 11.0 Å². The van der Waals surface area contributed by atoms with Crippen LogP contribution in [0.3, 0.4) is 0 Å². The number of fused-ring (bicyclic) bond motifs is 7. The summed E-state index contributed by atoms with van der Waals surface area (Å²) in [5.41, 5.74) is 1.09. The summed E-state index contributed by atoms with van der Waals surface area (Å²) in [6, 6.07) is 23.6. The monoisotopic (exact) mass is 518 g/mol. The Hall–Kier alpha value is -2.61. The van der Waals surface area contributed by atoms with Gasteiger partial charge in [-0.1, -0.05) is 64.5 Å². The molecule has 0 radical (unpaired) electrons. The predicted molar refractivity (Wildman–Crippen MR) is 130 cm³/mol. The molecule has 2 fully saturated rings. The number of thioether (sulfide) groups is 1. The average Bonchev–Trinajstić information content (AvgIpc) is 3.53. The van der Waals surface area contributed by atoms with Crippen molar-refractivity contribution in [2.24, 2.45) is 0 Å². The third-order valence-corrected chi connectivity index (χ3v) is 9.30. The third-order valence-electron chi connectivity index (χ3n) is 7.73. The Morgan fingerprint density at radius 3 is 2.52 bits per heavy atom. The maximum atomic E-state index is 14.2. The Morgan fingerprint density at radius 2 is 1.70 bits per heavy atom. The standard InChI is InChI=1S/C26H19BrN2O3S/c27-16-11-9-15(10-12-16)22-20-13-33-14-29(20)26(17-5-1-3-7-19(17)28-23(26)30)25(22)18-6-2-4-8-21(18)32-24(25)31/h1-12,20,22H,13-14H2,(H,28,30)/t20-,22-,25-,26-/m1/s1. The maximum absolute atomic E-state index is 14.2. The first-order valence-electron chi connectivity index (χ1n) is 10.9. The number of carbonyl (C=O) groups is 2. The zero-order chi connectivity index (χ0) is 22.4. The summed E-state index contributed by atoms with van der Waals surface area (Å²) in [6.45, 7) is 0. The van der Waals surface area contributed by atoms with E-state index >= 15 is 0 Å². The molecule has 0 aliphatic carbocycles. The molecule has 0 saturated carbocycles. The lowest BCUT2D eigenvalue weighted by Gasteiger charge is -2.42. The summed E-state index contributed by atoms with van der Waals surface area (Å²) in [7, 11) is 0. The van der Waals surface area contributed by atoms with E-state index in [0.29, 0.717) is 11.6 Å². The number of hydrogen-bond donors (Lipinski definition) is 1. The number of nitrogens with zero attached hydrogens (tertiary/aromatic N) is 1. The van der Waals surface area contributed by atoms with Gasteiger partial charge in [0, 0.05) is 44.9 Å². The molecule has 7 rings (SSSR count). The molecule has 3 aromatic rings. The molecule has 1 N–H and O–H groups in total. The van der Waals surface area contributed by atoms with Crippen molar-refractivity contribution in [3.8, 4) is 5.75 Å². The number of esters is 1. The predicted octanol–water partition coefficient (Wildman–Crippen LogP) is 4.63. The van der Waals surface area contributed by atoms with Gasteiger partial charge in [0.2, 0.25) is 0 Å². The Kier molecular flexibility index (Phi) is 4.03. The smallest absolute Gasteiger partial charge is 0.325 e. The molecule has 3 aromatic carbocycles.